The number of halogens is 4. The maximum atomic E-state index is 12.5. The number of benzene rings is 2. The molecule has 0 unspecified atom stereocenters. The van der Waals surface area contributed by atoms with Crippen molar-refractivity contribution in [3.8, 4) is 11.5 Å². The zero-order chi connectivity index (χ0) is 17.0. The number of alkyl halides is 3. The van der Waals surface area contributed by atoms with Gasteiger partial charge < -0.3 is 14.8 Å². The molecule has 2 aromatic carbocycles. The van der Waals surface area contributed by atoms with Crippen LogP contribution in [0.25, 0.3) is 0 Å². The number of ether oxygens (including phenoxy) is 2. The summed E-state index contributed by atoms with van der Waals surface area (Å²) in [6.45, 7) is 0.771. The van der Waals surface area contributed by atoms with Crippen LogP contribution in [0.4, 0.5) is 13.2 Å². The van der Waals surface area contributed by atoms with Crippen molar-refractivity contribution in [3.05, 3.63) is 59.7 Å². The minimum absolute atomic E-state index is 0. The molecular weight excluding hydrogens is 355 g/mol. The third kappa shape index (κ3) is 6.84. The van der Waals surface area contributed by atoms with Crippen LogP contribution in [-0.2, 0) is 13.2 Å². The van der Waals surface area contributed by atoms with Gasteiger partial charge in [-0.05, 0) is 36.1 Å². The summed E-state index contributed by atoms with van der Waals surface area (Å²) in [6, 6.07) is 14.3. The molecule has 0 bridgehead atoms. The summed E-state index contributed by atoms with van der Waals surface area (Å²) in [6.07, 6.45) is -2.51. The summed E-state index contributed by atoms with van der Waals surface area (Å²) in [5, 5.41) is 3.27. The van der Waals surface area contributed by atoms with E-state index in [0.29, 0.717) is 23.9 Å². The van der Waals surface area contributed by atoms with Gasteiger partial charge in [0, 0.05) is 18.7 Å². The van der Waals surface area contributed by atoms with Gasteiger partial charge in [-0.15, -0.1) is 25.6 Å². The number of hydrogen-bond donors (Lipinski definition) is 1. The van der Waals surface area contributed by atoms with Gasteiger partial charge in [0.15, 0.2) is 0 Å². The van der Waals surface area contributed by atoms with Crippen molar-refractivity contribution in [2.75, 3.05) is 0 Å². The SMILES string of the molecule is Cl.FC(F)(F)Oc1cc(CNC2CC2)cc(OCc2ccccc2)c1. The van der Waals surface area contributed by atoms with Crippen molar-refractivity contribution in [2.45, 2.75) is 38.4 Å². The van der Waals surface area contributed by atoms with E-state index in [4.69, 9.17) is 4.74 Å². The number of rotatable bonds is 7. The van der Waals surface area contributed by atoms with E-state index >= 15 is 0 Å². The molecule has 3 rings (SSSR count). The molecule has 0 spiro atoms. The van der Waals surface area contributed by atoms with Gasteiger partial charge in [-0.1, -0.05) is 30.3 Å². The van der Waals surface area contributed by atoms with Crippen LogP contribution in [0.15, 0.2) is 48.5 Å². The van der Waals surface area contributed by atoms with E-state index in [0.717, 1.165) is 18.4 Å². The topological polar surface area (TPSA) is 30.5 Å². The summed E-state index contributed by atoms with van der Waals surface area (Å²) < 4.78 is 47.2. The first-order valence-electron chi connectivity index (χ1n) is 7.78. The Bertz CT molecular complexity index is 676. The van der Waals surface area contributed by atoms with E-state index in [-0.39, 0.29) is 24.8 Å². The van der Waals surface area contributed by atoms with Crippen molar-refractivity contribution in [1.82, 2.24) is 5.32 Å². The second-order valence-corrected chi connectivity index (χ2v) is 5.79. The largest absolute Gasteiger partial charge is 0.573 e. The lowest BCUT2D eigenvalue weighted by Crippen LogP contribution is -2.18. The quantitative estimate of drug-likeness (QED) is 0.753. The van der Waals surface area contributed by atoms with E-state index in [1.807, 2.05) is 30.3 Å². The van der Waals surface area contributed by atoms with Crippen molar-refractivity contribution >= 4 is 12.4 Å². The molecule has 0 aromatic heterocycles. The minimum atomic E-state index is -4.72. The van der Waals surface area contributed by atoms with E-state index in [9.17, 15) is 13.2 Å². The summed E-state index contributed by atoms with van der Waals surface area (Å²) in [7, 11) is 0. The van der Waals surface area contributed by atoms with Gasteiger partial charge in [-0.2, -0.15) is 0 Å². The lowest BCUT2D eigenvalue weighted by atomic mass is 10.2. The minimum Gasteiger partial charge on any atom is -0.489 e. The van der Waals surface area contributed by atoms with Gasteiger partial charge in [0.25, 0.3) is 0 Å². The molecule has 136 valence electrons. The Kier molecular flexibility index (Phi) is 6.56. The molecular formula is C18H19ClF3NO2. The van der Waals surface area contributed by atoms with Crippen molar-refractivity contribution in [3.63, 3.8) is 0 Å². The van der Waals surface area contributed by atoms with Gasteiger partial charge in [-0.25, -0.2) is 0 Å². The van der Waals surface area contributed by atoms with Crippen LogP contribution in [0.2, 0.25) is 0 Å². The van der Waals surface area contributed by atoms with Gasteiger partial charge >= 0.3 is 6.36 Å². The average Bonchev–Trinajstić information content (AvgIpc) is 3.34. The van der Waals surface area contributed by atoms with Crippen LogP contribution in [0.3, 0.4) is 0 Å². The Morgan fingerprint density at radius 2 is 1.64 bits per heavy atom. The van der Waals surface area contributed by atoms with Gasteiger partial charge in [-0.3, -0.25) is 0 Å². The maximum Gasteiger partial charge on any atom is 0.573 e. The predicted molar refractivity (Wildman–Crippen MR) is 91.0 cm³/mol. The van der Waals surface area contributed by atoms with Crippen LogP contribution in [0.1, 0.15) is 24.0 Å². The molecule has 0 heterocycles. The Balaban J connectivity index is 0.00000225. The highest BCUT2D eigenvalue weighted by Crippen LogP contribution is 2.29. The maximum absolute atomic E-state index is 12.5. The molecule has 1 N–H and O–H groups in total. The molecule has 0 amide bonds. The molecule has 0 atom stereocenters. The van der Waals surface area contributed by atoms with Crippen LogP contribution < -0.4 is 14.8 Å². The monoisotopic (exact) mass is 373 g/mol. The molecule has 1 aliphatic rings. The molecule has 0 saturated heterocycles. The Labute approximate surface area is 150 Å². The second kappa shape index (κ2) is 8.45. The molecule has 0 radical (unpaired) electrons. The summed E-state index contributed by atoms with van der Waals surface area (Å²) in [4.78, 5) is 0. The van der Waals surface area contributed by atoms with Crippen LogP contribution in [0, 0.1) is 0 Å². The zero-order valence-electron chi connectivity index (χ0n) is 13.4. The highest BCUT2D eigenvalue weighted by molar-refractivity contribution is 5.85. The molecule has 0 aliphatic heterocycles. The normalized spacial score (nSPS) is 13.9. The Hall–Kier alpha value is -1.92. The van der Waals surface area contributed by atoms with E-state index < -0.39 is 6.36 Å². The van der Waals surface area contributed by atoms with Crippen LogP contribution >= 0.6 is 12.4 Å². The van der Waals surface area contributed by atoms with E-state index in [2.05, 4.69) is 10.1 Å². The van der Waals surface area contributed by atoms with Gasteiger partial charge in [0.05, 0.1) is 0 Å². The lowest BCUT2D eigenvalue weighted by Gasteiger charge is -2.14. The summed E-state index contributed by atoms with van der Waals surface area (Å²) in [5.74, 6) is 0.0915. The fourth-order valence-electron chi connectivity index (χ4n) is 2.30. The van der Waals surface area contributed by atoms with E-state index in [1.165, 1.54) is 12.1 Å². The van der Waals surface area contributed by atoms with Gasteiger partial charge in [0.1, 0.15) is 18.1 Å². The lowest BCUT2D eigenvalue weighted by molar-refractivity contribution is -0.274. The second-order valence-electron chi connectivity index (χ2n) is 5.79. The van der Waals surface area contributed by atoms with Crippen LogP contribution in [0.5, 0.6) is 11.5 Å². The standard InChI is InChI=1S/C18H18F3NO2.ClH/c19-18(20,21)24-17-9-14(11-22-15-6-7-15)8-16(10-17)23-12-13-4-2-1-3-5-13;/h1-5,8-10,15,22H,6-7,11-12H2;1H. The third-order valence-corrected chi connectivity index (χ3v) is 3.59. The number of nitrogens with one attached hydrogen (secondary N) is 1. The van der Waals surface area contributed by atoms with E-state index in [1.54, 1.807) is 6.07 Å². The smallest absolute Gasteiger partial charge is 0.489 e. The molecule has 25 heavy (non-hydrogen) atoms. The first-order valence-corrected chi connectivity index (χ1v) is 7.78. The third-order valence-electron chi connectivity index (χ3n) is 3.59. The molecule has 3 nitrogen and oxygen atoms in total. The summed E-state index contributed by atoms with van der Waals surface area (Å²) in [5.41, 5.74) is 1.64. The fourth-order valence-corrected chi connectivity index (χ4v) is 2.30. The van der Waals surface area contributed by atoms with Crippen molar-refractivity contribution < 1.29 is 22.6 Å². The molecule has 2 aromatic rings. The number of hydrogen-bond acceptors (Lipinski definition) is 3. The first-order chi connectivity index (χ1) is 11.5. The predicted octanol–water partition coefficient (Wildman–Crippen LogP) is 4.84. The Morgan fingerprint density at radius 1 is 0.960 bits per heavy atom. The molecule has 1 saturated carbocycles. The van der Waals surface area contributed by atoms with Crippen molar-refractivity contribution in [2.24, 2.45) is 0 Å². The summed E-state index contributed by atoms with van der Waals surface area (Å²) >= 11 is 0. The first kappa shape index (κ1) is 19.4. The Morgan fingerprint density at radius 3 is 2.28 bits per heavy atom. The molecule has 1 fully saturated rings. The zero-order valence-corrected chi connectivity index (χ0v) is 14.2. The molecule has 7 heteroatoms. The van der Waals surface area contributed by atoms with Gasteiger partial charge in [0.2, 0.25) is 0 Å². The van der Waals surface area contributed by atoms with Crippen molar-refractivity contribution in [1.29, 1.82) is 0 Å². The molecule has 1 aliphatic carbocycles. The highest BCUT2D eigenvalue weighted by atomic mass is 35.5. The highest BCUT2D eigenvalue weighted by Gasteiger charge is 2.31. The fraction of sp³-hybridized carbons (Fsp3) is 0.333. The van der Waals surface area contributed by atoms with Crippen LogP contribution in [-0.4, -0.2) is 12.4 Å². The average molecular weight is 374 g/mol.